The lowest BCUT2D eigenvalue weighted by Gasteiger charge is -2.39. The number of likely N-dealkylation sites (tertiary alicyclic amines) is 1. The van der Waals surface area contributed by atoms with Gasteiger partial charge in [-0.3, -0.25) is 4.79 Å². The monoisotopic (exact) mass is 299 g/mol. The minimum atomic E-state index is -0.0899. The summed E-state index contributed by atoms with van der Waals surface area (Å²) < 4.78 is 5.47. The van der Waals surface area contributed by atoms with Gasteiger partial charge < -0.3 is 15.1 Å². The van der Waals surface area contributed by atoms with Gasteiger partial charge in [0.1, 0.15) is 6.26 Å². The zero-order valence-corrected chi connectivity index (χ0v) is 12.7. The SMILES string of the molecule is CC1CCCN(C(=O)c2coc(-c3ccccc3)n2)C1CN. The number of aromatic nitrogens is 1. The van der Waals surface area contributed by atoms with Crippen molar-refractivity contribution in [3.05, 3.63) is 42.3 Å². The molecular formula is C17H21N3O2. The first-order chi connectivity index (χ1) is 10.7. The van der Waals surface area contributed by atoms with Gasteiger partial charge in [0.15, 0.2) is 5.69 Å². The fourth-order valence-electron chi connectivity index (χ4n) is 3.09. The van der Waals surface area contributed by atoms with Gasteiger partial charge in [-0.2, -0.15) is 0 Å². The summed E-state index contributed by atoms with van der Waals surface area (Å²) in [5, 5.41) is 0. The summed E-state index contributed by atoms with van der Waals surface area (Å²) in [5.74, 6) is 0.800. The van der Waals surface area contributed by atoms with Crippen LogP contribution in [-0.2, 0) is 0 Å². The molecule has 5 nitrogen and oxygen atoms in total. The van der Waals surface area contributed by atoms with Gasteiger partial charge in [0.05, 0.1) is 0 Å². The van der Waals surface area contributed by atoms with E-state index < -0.39 is 0 Å². The molecule has 116 valence electrons. The lowest BCUT2D eigenvalue weighted by atomic mass is 9.90. The highest BCUT2D eigenvalue weighted by Gasteiger charge is 2.32. The predicted octanol–water partition coefficient (Wildman–Crippen LogP) is 2.54. The summed E-state index contributed by atoms with van der Waals surface area (Å²) in [5.41, 5.74) is 7.08. The molecule has 0 bridgehead atoms. The van der Waals surface area contributed by atoms with Crippen LogP contribution in [0.1, 0.15) is 30.3 Å². The van der Waals surface area contributed by atoms with E-state index in [-0.39, 0.29) is 11.9 Å². The molecule has 0 aliphatic carbocycles. The molecule has 1 aliphatic rings. The molecule has 2 unspecified atom stereocenters. The Kier molecular flexibility index (Phi) is 4.24. The van der Waals surface area contributed by atoms with Gasteiger partial charge in [0.25, 0.3) is 5.91 Å². The first kappa shape index (κ1) is 14.8. The van der Waals surface area contributed by atoms with E-state index >= 15 is 0 Å². The number of hydrogen-bond donors (Lipinski definition) is 1. The van der Waals surface area contributed by atoms with Crippen LogP contribution in [0.4, 0.5) is 0 Å². The van der Waals surface area contributed by atoms with E-state index in [1.807, 2.05) is 35.2 Å². The maximum Gasteiger partial charge on any atom is 0.276 e. The van der Waals surface area contributed by atoms with E-state index in [1.165, 1.54) is 6.26 Å². The van der Waals surface area contributed by atoms with Crippen molar-refractivity contribution in [2.45, 2.75) is 25.8 Å². The van der Waals surface area contributed by atoms with Crippen LogP contribution in [0.25, 0.3) is 11.5 Å². The highest BCUT2D eigenvalue weighted by atomic mass is 16.3. The summed E-state index contributed by atoms with van der Waals surface area (Å²) in [6.07, 6.45) is 3.56. The average molecular weight is 299 g/mol. The topological polar surface area (TPSA) is 72.4 Å². The smallest absolute Gasteiger partial charge is 0.276 e. The van der Waals surface area contributed by atoms with Crippen LogP contribution >= 0.6 is 0 Å². The number of hydrogen-bond acceptors (Lipinski definition) is 4. The summed E-state index contributed by atoms with van der Waals surface area (Å²) >= 11 is 0. The van der Waals surface area contributed by atoms with Gasteiger partial charge in [-0.15, -0.1) is 0 Å². The summed E-state index contributed by atoms with van der Waals surface area (Å²) in [6.45, 7) is 3.37. The van der Waals surface area contributed by atoms with Gasteiger partial charge in [-0.05, 0) is 30.9 Å². The molecule has 2 aromatic rings. The van der Waals surface area contributed by atoms with Crippen molar-refractivity contribution in [2.24, 2.45) is 11.7 Å². The number of nitrogens with two attached hydrogens (primary N) is 1. The maximum absolute atomic E-state index is 12.7. The summed E-state index contributed by atoms with van der Waals surface area (Å²) in [6, 6.07) is 9.66. The Bertz CT molecular complexity index is 638. The standard InChI is InChI=1S/C17H21N3O2/c1-12-6-5-9-20(15(12)10-18)17(21)14-11-22-16(19-14)13-7-3-2-4-8-13/h2-4,7-8,11-12,15H,5-6,9-10,18H2,1H3. The molecule has 1 aliphatic heterocycles. The Morgan fingerprint density at radius 2 is 2.18 bits per heavy atom. The quantitative estimate of drug-likeness (QED) is 0.945. The third-order valence-corrected chi connectivity index (χ3v) is 4.36. The lowest BCUT2D eigenvalue weighted by molar-refractivity contribution is 0.0526. The van der Waals surface area contributed by atoms with Gasteiger partial charge >= 0.3 is 0 Å². The molecule has 22 heavy (non-hydrogen) atoms. The van der Waals surface area contributed by atoms with Crippen LogP contribution in [0.15, 0.2) is 41.0 Å². The molecule has 3 rings (SSSR count). The molecule has 1 amide bonds. The Balaban J connectivity index is 1.82. The van der Waals surface area contributed by atoms with Crippen molar-refractivity contribution in [2.75, 3.05) is 13.1 Å². The average Bonchev–Trinajstić information content (AvgIpc) is 3.05. The Morgan fingerprint density at radius 3 is 2.91 bits per heavy atom. The van der Waals surface area contributed by atoms with E-state index in [9.17, 15) is 4.79 Å². The van der Waals surface area contributed by atoms with Crippen molar-refractivity contribution < 1.29 is 9.21 Å². The van der Waals surface area contributed by atoms with Crippen molar-refractivity contribution in [3.63, 3.8) is 0 Å². The first-order valence-corrected chi connectivity index (χ1v) is 7.72. The number of amides is 1. The zero-order valence-electron chi connectivity index (χ0n) is 12.7. The highest BCUT2D eigenvalue weighted by molar-refractivity contribution is 5.92. The van der Waals surface area contributed by atoms with Crippen LogP contribution in [0.5, 0.6) is 0 Å². The van der Waals surface area contributed by atoms with Gasteiger partial charge in [-0.1, -0.05) is 25.1 Å². The van der Waals surface area contributed by atoms with Crippen LogP contribution in [0.3, 0.4) is 0 Å². The number of nitrogens with zero attached hydrogens (tertiary/aromatic N) is 2. The molecule has 1 aromatic carbocycles. The van der Waals surface area contributed by atoms with Gasteiger partial charge in [0.2, 0.25) is 5.89 Å². The van der Waals surface area contributed by atoms with Crippen LogP contribution in [0, 0.1) is 5.92 Å². The molecule has 5 heteroatoms. The van der Waals surface area contributed by atoms with Crippen molar-refractivity contribution in [1.29, 1.82) is 0 Å². The zero-order chi connectivity index (χ0) is 15.5. The van der Waals surface area contributed by atoms with Gasteiger partial charge in [0, 0.05) is 24.7 Å². The first-order valence-electron chi connectivity index (χ1n) is 7.72. The molecular weight excluding hydrogens is 278 g/mol. The molecule has 0 radical (unpaired) electrons. The van der Waals surface area contributed by atoms with Crippen molar-refractivity contribution in [3.8, 4) is 11.5 Å². The van der Waals surface area contributed by atoms with E-state index in [4.69, 9.17) is 10.2 Å². The van der Waals surface area contributed by atoms with Crippen molar-refractivity contribution in [1.82, 2.24) is 9.88 Å². The molecule has 2 heterocycles. The number of benzene rings is 1. The number of oxazole rings is 1. The number of carbonyl (C=O) groups excluding carboxylic acids is 1. The fourth-order valence-corrected chi connectivity index (χ4v) is 3.09. The molecule has 0 saturated carbocycles. The van der Waals surface area contributed by atoms with E-state index in [0.29, 0.717) is 24.0 Å². The second-order valence-corrected chi connectivity index (χ2v) is 5.83. The lowest BCUT2D eigenvalue weighted by Crippen LogP contribution is -2.51. The van der Waals surface area contributed by atoms with Crippen LogP contribution < -0.4 is 5.73 Å². The Labute approximate surface area is 130 Å². The van der Waals surface area contributed by atoms with Crippen LogP contribution in [-0.4, -0.2) is 34.9 Å². The van der Waals surface area contributed by atoms with E-state index in [1.54, 1.807) is 0 Å². The number of piperidine rings is 1. The normalized spacial score (nSPS) is 21.8. The molecule has 1 saturated heterocycles. The van der Waals surface area contributed by atoms with E-state index in [0.717, 1.165) is 24.9 Å². The Morgan fingerprint density at radius 1 is 1.41 bits per heavy atom. The maximum atomic E-state index is 12.7. The summed E-state index contributed by atoms with van der Waals surface area (Å²) in [7, 11) is 0. The molecule has 1 aromatic heterocycles. The predicted molar refractivity (Wildman–Crippen MR) is 84.2 cm³/mol. The number of rotatable bonds is 3. The van der Waals surface area contributed by atoms with Crippen molar-refractivity contribution >= 4 is 5.91 Å². The molecule has 2 atom stereocenters. The second kappa shape index (κ2) is 6.32. The number of carbonyl (C=O) groups is 1. The third kappa shape index (κ3) is 2.76. The molecule has 2 N–H and O–H groups in total. The minimum Gasteiger partial charge on any atom is -0.444 e. The molecule has 0 spiro atoms. The Hall–Kier alpha value is -2.14. The molecule has 1 fully saturated rings. The third-order valence-electron chi connectivity index (χ3n) is 4.36. The fraction of sp³-hybridized carbons (Fsp3) is 0.412. The summed E-state index contributed by atoms with van der Waals surface area (Å²) in [4.78, 5) is 18.9. The minimum absolute atomic E-state index is 0.0816. The second-order valence-electron chi connectivity index (χ2n) is 5.83. The van der Waals surface area contributed by atoms with E-state index in [2.05, 4.69) is 11.9 Å². The highest BCUT2D eigenvalue weighted by Crippen LogP contribution is 2.25. The largest absolute Gasteiger partial charge is 0.444 e. The van der Waals surface area contributed by atoms with Crippen LogP contribution in [0.2, 0.25) is 0 Å². The van der Waals surface area contributed by atoms with Gasteiger partial charge in [-0.25, -0.2) is 4.98 Å².